The molecule has 0 aromatic heterocycles. The van der Waals surface area contributed by atoms with Gasteiger partial charge in [0.2, 0.25) is 11.8 Å². The maximum Gasteiger partial charge on any atom is 0.264 e. The lowest BCUT2D eigenvalue weighted by atomic mass is 10.1. The van der Waals surface area contributed by atoms with Crippen molar-refractivity contribution in [3.8, 4) is 17.2 Å². The molecule has 12 heteroatoms. The van der Waals surface area contributed by atoms with Crippen LogP contribution >= 0.6 is 0 Å². The zero-order valence-electron chi connectivity index (χ0n) is 25.4. The maximum absolute atomic E-state index is 14.3. The van der Waals surface area contributed by atoms with Crippen molar-refractivity contribution < 1.29 is 36.6 Å². The van der Waals surface area contributed by atoms with Crippen molar-refractivity contribution in [2.75, 3.05) is 31.2 Å². The third kappa shape index (κ3) is 7.50. The molecule has 0 unspecified atom stereocenters. The van der Waals surface area contributed by atoms with Gasteiger partial charge < -0.3 is 24.4 Å². The standard InChI is InChI=1S/C33H38FN3O7S/c1-3-29(33(39)35-25-6-4-5-7-25)36(21-23-8-14-27(42-2)15-9-23)32(38)22-37(26-12-10-24(34)11-13-26)45(40,41)28-16-17-30-31(20-28)44-19-18-43-30/h8-17,20,25,29H,3-7,18-19,21-22H2,1-2H3,(H,35,39)/t29-/m0/s1. The van der Waals surface area contributed by atoms with Gasteiger partial charge >= 0.3 is 0 Å². The number of carbonyl (C=O) groups excluding carboxylic acids is 2. The number of sulfonamides is 1. The van der Waals surface area contributed by atoms with Gasteiger partial charge in [0.15, 0.2) is 11.5 Å². The number of fused-ring (bicyclic) bond motifs is 1. The van der Waals surface area contributed by atoms with Crippen molar-refractivity contribution in [2.24, 2.45) is 0 Å². The van der Waals surface area contributed by atoms with E-state index in [0.29, 0.717) is 24.5 Å². The molecule has 1 saturated carbocycles. The molecular weight excluding hydrogens is 601 g/mol. The third-order valence-electron chi connectivity index (χ3n) is 8.09. The SMILES string of the molecule is CC[C@@H](C(=O)NC1CCCC1)N(Cc1ccc(OC)cc1)C(=O)CN(c1ccc(F)cc1)S(=O)(=O)c1ccc2c(c1)OCCO2. The average molecular weight is 640 g/mol. The van der Waals surface area contributed by atoms with E-state index in [-0.39, 0.29) is 41.4 Å². The second-order valence-electron chi connectivity index (χ2n) is 11.1. The Morgan fingerprint density at radius 2 is 1.64 bits per heavy atom. The van der Waals surface area contributed by atoms with Crippen LogP contribution in [-0.4, -0.2) is 64.1 Å². The Labute approximate surface area is 263 Å². The van der Waals surface area contributed by atoms with E-state index in [1.54, 1.807) is 31.4 Å². The van der Waals surface area contributed by atoms with E-state index in [1.165, 1.54) is 35.2 Å². The van der Waals surface area contributed by atoms with E-state index in [1.807, 2.05) is 6.92 Å². The fourth-order valence-corrected chi connectivity index (χ4v) is 7.09. The molecule has 0 radical (unpaired) electrons. The number of carbonyl (C=O) groups is 2. The summed E-state index contributed by atoms with van der Waals surface area (Å²) < 4.78 is 59.6. The van der Waals surface area contributed by atoms with Crippen molar-refractivity contribution in [1.29, 1.82) is 0 Å². The van der Waals surface area contributed by atoms with Crippen molar-refractivity contribution in [3.05, 3.63) is 78.1 Å². The van der Waals surface area contributed by atoms with E-state index in [0.717, 1.165) is 47.7 Å². The first-order valence-electron chi connectivity index (χ1n) is 15.1. The summed E-state index contributed by atoms with van der Waals surface area (Å²) in [6, 6.07) is 15.4. The van der Waals surface area contributed by atoms with Gasteiger partial charge in [-0.25, -0.2) is 12.8 Å². The van der Waals surface area contributed by atoms with Crippen LogP contribution in [0, 0.1) is 5.82 Å². The highest BCUT2D eigenvalue weighted by Crippen LogP contribution is 2.34. The molecule has 1 heterocycles. The summed E-state index contributed by atoms with van der Waals surface area (Å²) in [5.41, 5.74) is 0.826. The summed E-state index contributed by atoms with van der Waals surface area (Å²) in [6.07, 6.45) is 4.12. The van der Waals surface area contributed by atoms with E-state index in [9.17, 15) is 22.4 Å². The second kappa shape index (κ2) is 14.2. The number of nitrogens with one attached hydrogen (secondary N) is 1. The minimum Gasteiger partial charge on any atom is -0.497 e. The second-order valence-corrected chi connectivity index (χ2v) is 12.9. The molecule has 0 spiro atoms. The fraction of sp³-hybridized carbons (Fsp3) is 0.394. The van der Waals surface area contributed by atoms with Gasteiger partial charge in [-0.2, -0.15) is 0 Å². The van der Waals surface area contributed by atoms with Crippen LogP contribution in [0.1, 0.15) is 44.6 Å². The Morgan fingerprint density at radius 1 is 0.978 bits per heavy atom. The highest BCUT2D eigenvalue weighted by atomic mass is 32.2. The molecule has 0 bridgehead atoms. The van der Waals surface area contributed by atoms with Gasteiger partial charge in [0, 0.05) is 18.7 Å². The van der Waals surface area contributed by atoms with Gasteiger partial charge in [0.1, 0.15) is 37.4 Å². The number of halogens is 1. The zero-order valence-corrected chi connectivity index (χ0v) is 26.2. The molecule has 0 saturated heterocycles. The molecule has 1 N–H and O–H groups in total. The molecule has 240 valence electrons. The van der Waals surface area contributed by atoms with E-state index in [4.69, 9.17) is 14.2 Å². The minimum atomic E-state index is -4.37. The summed E-state index contributed by atoms with van der Waals surface area (Å²) in [4.78, 5) is 29.2. The Hall–Kier alpha value is -4.32. The van der Waals surface area contributed by atoms with Crippen LogP contribution in [-0.2, 0) is 26.2 Å². The number of ether oxygens (including phenoxy) is 3. The van der Waals surface area contributed by atoms with E-state index < -0.39 is 34.3 Å². The number of hydrogen-bond acceptors (Lipinski definition) is 7. The van der Waals surface area contributed by atoms with Crippen molar-refractivity contribution >= 4 is 27.5 Å². The lowest BCUT2D eigenvalue weighted by Crippen LogP contribution is -2.53. The molecule has 3 aromatic carbocycles. The number of amides is 2. The van der Waals surface area contributed by atoms with Gasteiger partial charge in [-0.15, -0.1) is 0 Å². The summed E-state index contributed by atoms with van der Waals surface area (Å²) >= 11 is 0. The van der Waals surface area contributed by atoms with Crippen LogP contribution in [0.15, 0.2) is 71.6 Å². The summed E-state index contributed by atoms with van der Waals surface area (Å²) in [5, 5.41) is 3.09. The molecule has 5 rings (SSSR count). The number of hydrogen-bond donors (Lipinski definition) is 1. The number of rotatable bonds is 12. The van der Waals surface area contributed by atoms with Crippen LogP contribution in [0.4, 0.5) is 10.1 Å². The van der Waals surface area contributed by atoms with Crippen LogP contribution in [0.25, 0.3) is 0 Å². The maximum atomic E-state index is 14.3. The molecule has 1 fully saturated rings. The van der Waals surface area contributed by atoms with Gasteiger partial charge in [0.05, 0.1) is 17.7 Å². The summed E-state index contributed by atoms with van der Waals surface area (Å²) in [6.45, 7) is 1.84. The van der Waals surface area contributed by atoms with Crippen molar-refractivity contribution in [3.63, 3.8) is 0 Å². The minimum absolute atomic E-state index is 0.0378. The Balaban J connectivity index is 1.50. The molecule has 1 aliphatic carbocycles. The predicted molar refractivity (Wildman–Crippen MR) is 166 cm³/mol. The molecular formula is C33H38FN3O7S. The number of benzene rings is 3. The van der Waals surface area contributed by atoms with Crippen molar-refractivity contribution in [2.45, 2.75) is 62.6 Å². The van der Waals surface area contributed by atoms with Gasteiger partial charge in [0.25, 0.3) is 10.0 Å². The lowest BCUT2D eigenvalue weighted by Gasteiger charge is -2.34. The largest absolute Gasteiger partial charge is 0.497 e. The first-order chi connectivity index (χ1) is 21.7. The van der Waals surface area contributed by atoms with Crippen LogP contribution in [0.2, 0.25) is 0 Å². The Kier molecular flexibility index (Phi) is 10.1. The van der Waals surface area contributed by atoms with Gasteiger partial charge in [-0.3, -0.25) is 13.9 Å². The monoisotopic (exact) mass is 639 g/mol. The van der Waals surface area contributed by atoms with E-state index in [2.05, 4.69) is 5.32 Å². The quantitative estimate of drug-likeness (QED) is 0.307. The Bertz CT molecular complexity index is 1590. The molecule has 2 aliphatic rings. The molecule has 1 aliphatic heterocycles. The topological polar surface area (TPSA) is 114 Å². The number of anilines is 1. The summed E-state index contributed by atoms with van der Waals surface area (Å²) in [5.74, 6) is -0.120. The smallest absolute Gasteiger partial charge is 0.264 e. The zero-order chi connectivity index (χ0) is 32.0. The molecule has 10 nitrogen and oxygen atoms in total. The molecule has 2 amide bonds. The molecule has 3 aromatic rings. The lowest BCUT2D eigenvalue weighted by molar-refractivity contribution is -0.140. The molecule has 1 atom stereocenters. The normalized spacial score (nSPS) is 15.3. The van der Waals surface area contributed by atoms with E-state index >= 15 is 0 Å². The first-order valence-corrected chi connectivity index (χ1v) is 16.5. The first kappa shape index (κ1) is 32.1. The number of methoxy groups -OCH3 is 1. The highest BCUT2D eigenvalue weighted by Gasteiger charge is 2.35. The van der Waals surface area contributed by atoms with Crippen LogP contribution < -0.4 is 23.8 Å². The Morgan fingerprint density at radius 3 is 2.29 bits per heavy atom. The summed E-state index contributed by atoms with van der Waals surface area (Å²) in [7, 11) is -2.82. The molecule has 45 heavy (non-hydrogen) atoms. The number of nitrogens with zero attached hydrogens (tertiary/aromatic N) is 2. The van der Waals surface area contributed by atoms with Gasteiger partial charge in [-0.1, -0.05) is 31.9 Å². The van der Waals surface area contributed by atoms with Crippen LogP contribution in [0.5, 0.6) is 17.2 Å². The fourth-order valence-electron chi connectivity index (χ4n) is 5.66. The highest BCUT2D eigenvalue weighted by molar-refractivity contribution is 7.92. The predicted octanol–water partition coefficient (Wildman–Crippen LogP) is 4.67. The van der Waals surface area contributed by atoms with Gasteiger partial charge in [-0.05, 0) is 73.4 Å². The van der Waals surface area contributed by atoms with Crippen molar-refractivity contribution in [1.82, 2.24) is 10.2 Å². The average Bonchev–Trinajstić information content (AvgIpc) is 3.57. The third-order valence-corrected chi connectivity index (χ3v) is 9.86. The van der Waals surface area contributed by atoms with Crippen LogP contribution in [0.3, 0.4) is 0 Å².